The van der Waals surface area contributed by atoms with Crippen molar-refractivity contribution in [2.45, 2.75) is 30.3 Å². The van der Waals surface area contributed by atoms with E-state index in [-0.39, 0.29) is 35.4 Å². The van der Waals surface area contributed by atoms with E-state index in [9.17, 15) is 27.9 Å². The fourth-order valence-electron chi connectivity index (χ4n) is 3.96. The number of imide groups is 2. The summed E-state index contributed by atoms with van der Waals surface area (Å²) in [6.07, 6.45) is 1.59. The van der Waals surface area contributed by atoms with Crippen molar-refractivity contribution in [3.63, 3.8) is 0 Å². The van der Waals surface area contributed by atoms with Crippen molar-refractivity contribution in [2.24, 2.45) is 0 Å². The maximum absolute atomic E-state index is 13.0. The molecule has 4 amide bonds. The van der Waals surface area contributed by atoms with Crippen LogP contribution in [-0.4, -0.2) is 54.1 Å². The number of aromatic nitrogens is 3. The fourth-order valence-corrected chi connectivity index (χ4v) is 4.98. The van der Waals surface area contributed by atoms with Crippen LogP contribution >= 0.6 is 0 Å². The molecule has 35 heavy (non-hydrogen) atoms. The van der Waals surface area contributed by atoms with Crippen LogP contribution in [0, 0.1) is 0 Å². The molecule has 1 saturated heterocycles. The molecule has 0 radical (unpaired) electrons. The summed E-state index contributed by atoms with van der Waals surface area (Å²) >= 11 is 0. The van der Waals surface area contributed by atoms with E-state index in [1.807, 2.05) is 0 Å². The Morgan fingerprint density at radius 2 is 1.80 bits per heavy atom. The van der Waals surface area contributed by atoms with Crippen LogP contribution in [0.3, 0.4) is 0 Å². The molecule has 13 heteroatoms. The number of carbonyl (C=O) groups excluding carboxylic acids is 4. The van der Waals surface area contributed by atoms with Gasteiger partial charge in [0, 0.05) is 6.42 Å². The molecule has 0 aliphatic carbocycles. The Morgan fingerprint density at radius 1 is 1.06 bits per heavy atom. The predicted molar refractivity (Wildman–Crippen MR) is 118 cm³/mol. The monoisotopic (exact) mass is 494 g/mol. The van der Waals surface area contributed by atoms with Crippen LogP contribution in [-0.2, 0) is 30.7 Å². The van der Waals surface area contributed by atoms with Crippen LogP contribution in [0.4, 0.5) is 0 Å². The highest BCUT2D eigenvalue weighted by Crippen LogP contribution is 2.29. The lowest BCUT2D eigenvalue weighted by Gasteiger charge is -2.27. The fraction of sp³-hybridized carbons (Fsp3) is 0.182. The number of rotatable bonds is 6. The molecule has 5 rings (SSSR count). The number of piperidine rings is 1. The van der Waals surface area contributed by atoms with Crippen LogP contribution in [0.25, 0.3) is 5.69 Å². The number of nitrogens with one attached hydrogen (secondary N) is 2. The highest BCUT2D eigenvalue weighted by Gasteiger charge is 2.44. The van der Waals surface area contributed by atoms with E-state index in [2.05, 4.69) is 20.4 Å². The lowest BCUT2D eigenvalue weighted by atomic mass is 10.0. The molecule has 2 N–H and O–H groups in total. The van der Waals surface area contributed by atoms with Crippen molar-refractivity contribution in [1.82, 2.24) is 29.9 Å². The van der Waals surface area contributed by atoms with Gasteiger partial charge in [-0.25, -0.2) is 4.68 Å². The Kier molecular flexibility index (Phi) is 5.59. The minimum absolute atomic E-state index is 0.0326. The lowest BCUT2D eigenvalue weighted by molar-refractivity contribution is -0.136. The van der Waals surface area contributed by atoms with Gasteiger partial charge in [-0.2, -0.15) is 0 Å². The first-order valence-electron chi connectivity index (χ1n) is 10.6. The summed E-state index contributed by atoms with van der Waals surface area (Å²) in [4.78, 5) is 50.4. The number of sulfonamides is 1. The molecule has 0 bridgehead atoms. The second-order valence-electron chi connectivity index (χ2n) is 7.97. The van der Waals surface area contributed by atoms with Crippen LogP contribution in [0.2, 0.25) is 0 Å². The number of fused-ring (bicyclic) bond motifs is 1. The van der Waals surface area contributed by atoms with E-state index in [4.69, 9.17) is 0 Å². The van der Waals surface area contributed by atoms with E-state index < -0.39 is 40.1 Å². The lowest BCUT2D eigenvalue weighted by Crippen LogP contribution is -2.54. The zero-order valence-corrected chi connectivity index (χ0v) is 18.9. The van der Waals surface area contributed by atoms with Gasteiger partial charge in [0.15, 0.2) is 15.3 Å². The third-order valence-corrected chi connectivity index (χ3v) is 7.14. The van der Waals surface area contributed by atoms with Gasteiger partial charge in [-0.05, 0) is 36.8 Å². The number of hydrogen-bond donors (Lipinski definition) is 2. The number of carbonyl (C=O) groups is 4. The average molecular weight is 494 g/mol. The van der Waals surface area contributed by atoms with Crippen LogP contribution in [0.1, 0.15) is 39.3 Å². The van der Waals surface area contributed by atoms with Crippen molar-refractivity contribution in [3.05, 3.63) is 71.5 Å². The largest absolute Gasteiger partial charge is 0.593 e. The van der Waals surface area contributed by atoms with Gasteiger partial charge in [0.2, 0.25) is 11.8 Å². The Morgan fingerprint density at radius 3 is 2.54 bits per heavy atom. The van der Waals surface area contributed by atoms with E-state index >= 15 is 0 Å². The van der Waals surface area contributed by atoms with E-state index in [0.29, 0.717) is 11.4 Å². The minimum atomic E-state index is -3.73. The highest BCUT2D eigenvalue weighted by molar-refractivity contribution is 7.95. The van der Waals surface area contributed by atoms with E-state index in [0.717, 1.165) is 4.90 Å². The molecular formula is C22H18N6O6S. The molecule has 2 aliphatic heterocycles. The molecule has 0 spiro atoms. The topological polar surface area (TPSA) is 166 Å². The third-order valence-electron chi connectivity index (χ3n) is 5.73. The van der Waals surface area contributed by atoms with E-state index in [1.165, 1.54) is 35.1 Å². The number of nitrogens with zero attached hydrogens (tertiary/aromatic N) is 4. The zero-order chi connectivity index (χ0) is 24.7. The van der Waals surface area contributed by atoms with Gasteiger partial charge in [-0.3, -0.25) is 29.4 Å². The molecule has 12 nitrogen and oxygen atoms in total. The zero-order valence-electron chi connectivity index (χ0n) is 18.0. The van der Waals surface area contributed by atoms with Crippen LogP contribution in [0.5, 0.6) is 0 Å². The van der Waals surface area contributed by atoms with Gasteiger partial charge >= 0.3 is 0 Å². The van der Waals surface area contributed by atoms with Crippen LogP contribution in [0.15, 0.2) is 59.6 Å². The van der Waals surface area contributed by atoms with E-state index in [1.54, 1.807) is 24.3 Å². The minimum Gasteiger partial charge on any atom is -0.593 e. The molecule has 3 heterocycles. The Labute approximate surface area is 199 Å². The molecule has 2 unspecified atom stereocenters. The molecule has 2 aromatic carbocycles. The van der Waals surface area contributed by atoms with Gasteiger partial charge < -0.3 is 4.55 Å². The normalized spacial score (nSPS) is 19.5. The molecule has 0 saturated carbocycles. The van der Waals surface area contributed by atoms with Gasteiger partial charge in [0.25, 0.3) is 11.8 Å². The van der Waals surface area contributed by atoms with Gasteiger partial charge in [0.1, 0.15) is 11.7 Å². The maximum atomic E-state index is 13.0. The molecule has 178 valence electrons. The Balaban J connectivity index is 1.33. The quantitative estimate of drug-likeness (QED) is 0.366. The van der Waals surface area contributed by atoms with Crippen molar-refractivity contribution in [3.8, 4) is 5.69 Å². The summed E-state index contributed by atoms with van der Waals surface area (Å²) < 4.78 is 28.6. The second-order valence-corrected chi connectivity index (χ2v) is 9.74. The highest BCUT2D eigenvalue weighted by atomic mass is 32.3. The maximum Gasteiger partial charge on any atom is 0.262 e. The predicted octanol–water partition coefficient (Wildman–Crippen LogP) is 0.362. The second kappa shape index (κ2) is 8.61. The van der Waals surface area contributed by atoms with Crippen molar-refractivity contribution in [2.75, 3.05) is 0 Å². The van der Waals surface area contributed by atoms with Crippen molar-refractivity contribution >= 4 is 34.0 Å². The first-order valence-corrected chi connectivity index (χ1v) is 12.0. The van der Waals surface area contributed by atoms with Crippen molar-refractivity contribution < 1.29 is 27.9 Å². The molecule has 2 atom stereocenters. The molecular weight excluding hydrogens is 476 g/mol. The van der Waals surface area contributed by atoms with Gasteiger partial charge in [-0.15, -0.1) is 9.82 Å². The van der Waals surface area contributed by atoms with Gasteiger partial charge in [-0.1, -0.05) is 27.6 Å². The summed E-state index contributed by atoms with van der Waals surface area (Å²) in [6.45, 7) is -0.108. The number of amides is 4. The Hall–Kier alpha value is -4.07. The standard InChI is InChI=1S/C22H18N6O6S/c29-19-9-8-18(20(30)24-19)28-21(31)16-7-6-14(10-17(16)22(28)32)27-12-13(25-26-27)11-23-35(33,34)15-4-2-1-3-5-15/h1-7,10,12,18H,8-9,11H2,(H2-,23,24,29,30,33,34). The molecule has 1 aromatic heterocycles. The van der Waals surface area contributed by atoms with Crippen LogP contribution < -0.4 is 10.0 Å². The van der Waals surface area contributed by atoms with Gasteiger partial charge in [0.05, 0.1) is 29.6 Å². The Bertz CT molecular complexity index is 1420. The molecule has 2 aliphatic rings. The smallest absolute Gasteiger partial charge is 0.262 e. The summed E-state index contributed by atoms with van der Waals surface area (Å²) in [5, 5.41) is 10.1. The summed E-state index contributed by atoms with van der Waals surface area (Å²) in [5.41, 5.74) is 0.982. The summed E-state index contributed by atoms with van der Waals surface area (Å²) in [5.74, 6) is -2.38. The average Bonchev–Trinajstić information content (AvgIpc) is 3.42. The first-order chi connectivity index (χ1) is 16.7. The third kappa shape index (κ3) is 4.16. The number of hydrogen-bond acceptors (Lipinski definition) is 8. The first kappa shape index (κ1) is 22.7. The molecule has 3 aromatic rings. The molecule has 1 fully saturated rings. The SMILES string of the molecule is O=C1CCC(N2C(=O)c3ccc(-n4cc(CN[S+](=O)([O-])c5ccccc5)nn4)cc3C2=O)C(=O)N1. The summed E-state index contributed by atoms with van der Waals surface area (Å²) in [6, 6.07) is 11.3. The summed E-state index contributed by atoms with van der Waals surface area (Å²) in [7, 11) is -3.73. The van der Waals surface area contributed by atoms with Crippen molar-refractivity contribution in [1.29, 1.82) is 0 Å². The number of benzene rings is 2.